The van der Waals surface area contributed by atoms with E-state index in [0.29, 0.717) is 52.5 Å². The third-order valence-corrected chi connectivity index (χ3v) is 8.31. The minimum atomic E-state index is -1.05. The van der Waals surface area contributed by atoms with Gasteiger partial charge in [-0.05, 0) is 53.4 Å². The van der Waals surface area contributed by atoms with Crippen LogP contribution >= 0.6 is 0 Å². The molecule has 7 heteroatoms. The summed E-state index contributed by atoms with van der Waals surface area (Å²) < 4.78 is 46.1. The van der Waals surface area contributed by atoms with Gasteiger partial charge >= 0.3 is 0 Å². The van der Waals surface area contributed by atoms with Crippen molar-refractivity contribution in [3.63, 3.8) is 0 Å². The van der Waals surface area contributed by atoms with Gasteiger partial charge in [0.25, 0.3) is 0 Å². The lowest BCUT2D eigenvalue weighted by atomic mass is 10.1. The van der Waals surface area contributed by atoms with Gasteiger partial charge in [-0.25, -0.2) is 0 Å². The lowest BCUT2D eigenvalue weighted by molar-refractivity contribution is -0.425. The molecule has 0 rings (SSSR count). The van der Waals surface area contributed by atoms with Crippen molar-refractivity contribution in [3.05, 3.63) is 0 Å². The van der Waals surface area contributed by atoms with E-state index in [-0.39, 0.29) is 0 Å². The summed E-state index contributed by atoms with van der Waals surface area (Å²) in [6.45, 7) is 20.0. The van der Waals surface area contributed by atoms with E-state index in [1.165, 1.54) is 64.2 Å². The monoisotopic (exact) mass is 647 g/mol. The van der Waals surface area contributed by atoms with Gasteiger partial charge in [-0.1, -0.05) is 118 Å². The minimum Gasteiger partial charge on any atom is -0.348 e. The van der Waals surface area contributed by atoms with Crippen LogP contribution in [-0.4, -0.2) is 63.8 Å². The summed E-state index contributed by atoms with van der Waals surface area (Å²) >= 11 is 0. The second-order valence-electron chi connectivity index (χ2n) is 12.3. The third-order valence-electron chi connectivity index (χ3n) is 8.31. The van der Waals surface area contributed by atoms with Gasteiger partial charge < -0.3 is 33.2 Å². The van der Waals surface area contributed by atoms with Gasteiger partial charge in [-0.2, -0.15) is 0 Å². The first-order valence-electron chi connectivity index (χ1n) is 19.4. The third kappa shape index (κ3) is 20.0. The molecule has 0 saturated carbocycles. The van der Waals surface area contributed by atoms with Crippen LogP contribution in [0.25, 0.3) is 0 Å². The minimum absolute atomic E-state index is 0.492. The molecule has 0 heterocycles. The first-order chi connectivity index (χ1) is 22.0. The molecule has 2 unspecified atom stereocenters. The van der Waals surface area contributed by atoms with Gasteiger partial charge in [0.15, 0.2) is 0 Å². The Labute approximate surface area is 280 Å². The van der Waals surface area contributed by atoms with Crippen LogP contribution in [-0.2, 0) is 33.2 Å². The fourth-order valence-corrected chi connectivity index (χ4v) is 5.85. The van der Waals surface area contributed by atoms with E-state index in [1.54, 1.807) is 0 Å². The summed E-state index contributed by atoms with van der Waals surface area (Å²) in [6, 6.07) is 0. The highest BCUT2D eigenvalue weighted by atomic mass is 16.8. The van der Waals surface area contributed by atoms with Crippen LogP contribution in [0.5, 0.6) is 0 Å². The highest BCUT2D eigenvalue weighted by Crippen LogP contribution is 2.35. The molecule has 0 aromatic heterocycles. The number of hydrogen-bond donors (Lipinski definition) is 0. The molecule has 45 heavy (non-hydrogen) atoms. The van der Waals surface area contributed by atoms with Crippen molar-refractivity contribution >= 4 is 0 Å². The van der Waals surface area contributed by atoms with Crippen molar-refractivity contribution in [1.82, 2.24) is 0 Å². The first-order valence-corrected chi connectivity index (χ1v) is 19.4. The highest BCUT2D eigenvalue weighted by Gasteiger charge is 2.49. The van der Waals surface area contributed by atoms with E-state index >= 15 is 0 Å². The van der Waals surface area contributed by atoms with Gasteiger partial charge in [0.05, 0.1) is 0 Å². The second kappa shape index (κ2) is 31.0. The fraction of sp³-hybridized carbons (Fsp3) is 1.00. The lowest BCUT2D eigenvalue weighted by Crippen LogP contribution is -2.57. The average Bonchev–Trinajstić information content (AvgIpc) is 3.03. The molecule has 0 aromatic carbocycles. The summed E-state index contributed by atoms with van der Waals surface area (Å²) in [5, 5.41) is 0. The zero-order valence-corrected chi connectivity index (χ0v) is 31.4. The Morgan fingerprint density at radius 2 is 0.644 bits per heavy atom. The predicted molar refractivity (Wildman–Crippen MR) is 188 cm³/mol. The Hall–Kier alpha value is -0.280. The molecule has 0 saturated heterocycles. The highest BCUT2D eigenvalue weighted by molar-refractivity contribution is 4.81. The van der Waals surface area contributed by atoms with E-state index in [0.717, 1.165) is 51.4 Å². The van der Waals surface area contributed by atoms with Crippen LogP contribution in [0.2, 0.25) is 0 Å². The molecule has 272 valence electrons. The molecular weight excluding hydrogens is 568 g/mol. The Balaban J connectivity index is 6.18. The zero-order valence-electron chi connectivity index (χ0n) is 31.4. The predicted octanol–water partition coefficient (Wildman–Crippen LogP) is 11.1. The summed E-state index contributed by atoms with van der Waals surface area (Å²) in [4.78, 5) is 0. The molecule has 0 radical (unpaired) electrons. The van der Waals surface area contributed by atoms with Crippen LogP contribution in [0, 0.1) is 0 Å². The van der Waals surface area contributed by atoms with E-state index in [4.69, 9.17) is 33.2 Å². The Morgan fingerprint density at radius 3 is 0.933 bits per heavy atom. The average molecular weight is 647 g/mol. The Kier molecular flexibility index (Phi) is 30.8. The van der Waals surface area contributed by atoms with Gasteiger partial charge in [0.2, 0.25) is 24.2 Å². The fourth-order valence-electron chi connectivity index (χ4n) is 5.85. The number of hydrogen-bond acceptors (Lipinski definition) is 7. The molecule has 0 bridgehead atoms. The van der Waals surface area contributed by atoms with E-state index in [9.17, 15) is 0 Å². The molecule has 0 aliphatic rings. The molecule has 0 aliphatic carbocycles. The Bertz CT molecular complexity index is 541. The topological polar surface area (TPSA) is 64.6 Å². The second-order valence-corrected chi connectivity index (χ2v) is 12.3. The number of unbranched alkanes of at least 4 members (excludes halogenated alkanes) is 14. The number of rotatable bonds is 36. The maximum Gasteiger partial charge on any atom is 0.220 e. The molecule has 0 spiro atoms. The van der Waals surface area contributed by atoms with Crippen molar-refractivity contribution in [2.24, 2.45) is 0 Å². The molecule has 0 aliphatic heterocycles. The van der Waals surface area contributed by atoms with Crippen molar-refractivity contribution in [2.45, 2.75) is 208 Å². The molecule has 0 N–H and O–H groups in total. The van der Waals surface area contributed by atoms with Crippen molar-refractivity contribution < 1.29 is 33.2 Å². The number of ether oxygens (including phenoxy) is 7. The van der Waals surface area contributed by atoms with Crippen LogP contribution in [0.3, 0.4) is 0 Å². The van der Waals surface area contributed by atoms with Crippen LogP contribution in [0.15, 0.2) is 0 Å². The molecule has 7 nitrogen and oxygen atoms in total. The largest absolute Gasteiger partial charge is 0.348 e. The van der Waals surface area contributed by atoms with Crippen molar-refractivity contribution in [1.29, 1.82) is 0 Å². The summed E-state index contributed by atoms with van der Waals surface area (Å²) in [5.41, 5.74) is 0. The molecule has 0 amide bonds. The van der Waals surface area contributed by atoms with E-state index < -0.39 is 24.2 Å². The van der Waals surface area contributed by atoms with Crippen LogP contribution < -0.4 is 0 Å². The first kappa shape index (κ1) is 44.7. The van der Waals surface area contributed by atoms with E-state index in [2.05, 4.69) is 27.7 Å². The lowest BCUT2D eigenvalue weighted by Gasteiger charge is -2.45. The van der Waals surface area contributed by atoms with Crippen LogP contribution in [0.4, 0.5) is 0 Å². The molecule has 2 atom stereocenters. The summed E-state index contributed by atoms with van der Waals surface area (Å²) in [6.07, 6.45) is 20.7. The molecular formula is C38H78O7. The van der Waals surface area contributed by atoms with Crippen molar-refractivity contribution in [3.8, 4) is 0 Å². The van der Waals surface area contributed by atoms with Gasteiger partial charge in [0, 0.05) is 52.5 Å². The molecule has 0 fully saturated rings. The Morgan fingerprint density at radius 1 is 0.356 bits per heavy atom. The smallest absolute Gasteiger partial charge is 0.220 e. The maximum absolute atomic E-state index is 6.96. The standard InChI is InChI=1S/C38H78O7/c1-9-17-21-23-25-27-29-33-39-35(37(41-13-5,42-14-6)31-19-11-3)45-36(40-34-30-28-26-24-22-18-10-2)38(43-15-7,44-16-8)32-20-12-4/h35-36H,9-34H2,1-8H3. The normalized spacial score (nSPS) is 13.9. The molecule has 0 aromatic rings. The summed E-state index contributed by atoms with van der Waals surface area (Å²) in [5.74, 6) is -2.09. The summed E-state index contributed by atoms with van der Waals surface area (Å²) in [7, 11) is 0. The van der Waals surface area contributed by atoms with Gasteiger partial charge in [-0.15, -0.1) is 0 Å². The zero-order chi connectivity index (χ0) is 33.5. The van der Waals surface area contributed by atoms with Crippen LogP contribution in [0.1, 0.15) is 184 Å². The SMILES string of the molecule is CCCCCCCCCOC(OC(OCCCCCCCCC)C(CCCC)(OCC)OCC)C(CCCC)(OCC)OCC. The van der Waals surface area contributed by atoms with E-state index in [1.807, 2.05) is 27.7 Å². The van der Waals surface area contributed by atoms with Gasteiger partial charge in [-0.3, -0.25) is 0 Å². The maximum atomic E-state index is 6.96. The van der Waals surface area contributed by atoms with Gasteiger partial charge in [0.1, 0.15) is 0 Å². The quantitative estimate of drug-likeness (QED) is 0.0495. The van der Waals surface area contributed by atoms with Crippen molar-refractivity contribution in [2.75, 3.05) is 39.6 Å².